The molecule has 9 heteroatoms. The second kappa shape index (κ2) is 14.3. The van der Waals surface area contributed by atoms with Gasteiger partial charge in [-0.3, -0.25) is 0 Å². The highest BCUT2D eigenvalue weighted by molar-refractivity contribution is 5.75. The fraction of sp³-hybridized carbons (Fsp3) is 0.303. The first-order valence-electron chi connectivity index (χ1n) is 13.7. The van der Waals surface area contributed by atoms with E-state index in [1.807, 2.05) is 60.7 Å². The molecule has 9 nitrogen and oxygen atoms in total. The Bertz CT molecular complexity index is 1450. The number of aryl methyl sites for hydroxylation is 2. The lowest BCUT2D eigenvalue weighted by Gasteiger charge is -2.38. The third-order valence-electron chi connectivity index (χ3n) is 7.00. The monoisotopic (exact) mass is 572 g/mol. The summed E-state index contributed by atoms with van der Waals surface area (Å²) in [6, 6.07) is 25.9. The lowest BCUT2D eigenvalue weighted by Crippen LogP contribution is -2.51. The molecule has 2 atom stereocenters. The van der Waals surface area contributed by atoms with Crippen LogP contribution in [-0.2, 0) is 28.0 Å². The fourth-order valence-electron chi connectivity index (χ4n) is 4.93. The second-order valence-electron chi connectivity index (χ2n) is 9.87. The number of methoxy groups -OCH3 is 2. The number of hydrogen-bond acceptors (Lipinski definition) is 8. The smallest absolute Gasteiger partial charge is 0.348 e. The molecule has 0 saturated carbocycles. The van der Waals surface area contributed by atoms with E-state index in [9.17, 15) is 15.0 Å². The Kier molecular flexibility index (Phi) is 10.3. The molecule has 0 amide bonds. The number of hydrogen-bond donors (Lipinski definition) is 2. The van der Waals surface area contributed by atoms with E-state index in [1.165, 1.54) is 14.2 Å². The molecule has 2 unspecified atom stereocenters. The van der Waals surface area contributed by atoms with Crippen LogP contribution in [0.2, 0.25) is 0 Å². The number of aromatic nitrogens is 2. The number of nitrogens with zero attached hydrogens (tertiary/aromatic N) is 2. The van der Waals surface area contributed by atoms with E-state index < -0.39 is 17.7 Å². The standard InChI is InChI=1S/C33H36N2O7/c1-23-21-29(40-3)35-32(34-23)42-30(31(37)38)33(26-14-8-5-9-15-26,19-10-13-24-11-6-4-7-12-24)41-20-18-25-16-17-27(36)28(22-25)39-2/h4-9,11-12,14-17,21-22,30,36H,10,13,18-20H2,1-3H3,(H,37,38). The number of carboxylic acids is 1. The predicted molar refractivity (Wildman–Crippen MR) is 157 cm³/mol. The molecule has 1 heterocycles. The van der Waals surface area contributed by atoms with Crippen molar-refractivity contribution in [3.8, 4) is 23.4 Å². The summed E-state index contributed by atoms with van der Waals surface area (Å²) in [6.45, 7) is 1.92. The quantitative estimate of drug-likeness (QED) is 0.190. The van der Waals surface area contributed by atoms with Crippen molar-refractivity contribution >= 4 is 5.97 Å². The fourth-order valence-corrected chi connectivity index (χ4v) is 4.93. The summed E-state index contributed by atoms with van der Waals surface area (Å²) in [5.74, 6) is -0.566. The van der Waals surface area contributed by atoms with Gasteiger partial charge in [-0.15, -0.1) is 0 Å². The van der Waals surface area contributed by atoms with E-state index in [-0.39, 0.29) is 24.2 Å². The zero-order valence-corrected chi connectivity index (χ0v) is 24.0. The van der Waals surface area contributed by atoms with Gasteiger partial charge in [-0.05, 0) is 61.4 Å². The summed E-state index contributed by atoms with van der Waals surface area (Å²) in [6.07, 6.45) is 0.624. The van der Waals surface area contributed by atoms with Crippen molar-refractivity contribution in [1.82, 2.24) is 9.97 Å². The molecule has 4 aromatic rings. The number of phenols is 1. The number of rotatable bonds is 15. The Morgan fingerprint density at radius 1 is 0.881 bits per heavy atom. The van der Waals surface area contributed by atoms with Gasteiger partial charge in [0.15, 0.2) is 11.5 Å². The molecular weight excluding hydrogens is 536 g/mol. The molecule has 0 aliphatic carbocycles. The highest BCUT2D eigenvalue weighted by Crippen LogP contribution is 2.38. The van der Waals surface area contributed by atoms with Crippen LogP contribution in [0.4, 0.5) is 0 Å². The average molecular weight is 573 g/mol. The summed E-state index contributed by atoms with van der Waals surface area (Å²) in [7, 11) is 2.96. The van der Waals surface area contributed by atoms with Gasteiger partial charge in [-0.2, -0.15) is 4.98 Å². The van der Waals surface area contributed by atoms with Gasteiger partial charge in [0.05, 0.1) is 20.8 Å². The maximum absolute atomic E-state index is 13.0. The molecule has 2 N–H and O–H groups in total. The molecule has 1 aromatic heterocycles. The zero-order chi connectivity index (χ0) is 30.0. The first-order chi connectivity index (χ1) is 20.3. The van der Waals surface area contributed by atoms with Gasteiger partial charge in [-0.1, -0.05) is 66.7 Å². The Labute approximate surface area is 245 Å². The summed E-state index contributed by atoms with van der Waals surface area (Å²) in [4.78, 5) is 21.6. The van der Waals surface area contributed by atoms with Gasteiger partial charge < -0.3 is 29.2 Å². The van der Waals surface area contributed by atoms with Crippen molar-refractivity contribution in [1.29, 1.82) is 0 Å². The molecule has 42 heavy (non-hydrogen) atoms. The normalized spacial score (nSPS) is 13.1. The minimum absolute atomic E-state index is 0.0367. The van der Waals surface area contributed by atoms with Gasteiger partial charge in [0.2, 0.25) is 12.0 Å². The third kappa shape index (κ3) is 7.55. The third-order valence-corrected chi connectivity index (χ3v) is 7.00. The Balaban J connectivity index is 1.72. The molecule has 4 rings (SSSR count). The number of phenolic OH excluding ortho intramolecular Hbond substituents is 1. The van der Waals surface area contributed by atoms with Crippen LogP contribution in [0.25, 0.3) is 0 Å². The van der Waals surface area contributed by atoms with Gasteiger partial charge in [0.25, 0.3) is 0 Å². The highest BCUT2D eigenvalue weighted by Gasteiger charge is 2.48. The van der Waals surface area contributed by atoms with Gasteiger partial charge >= 0.3 is 12.0 Å². The first kappa shape index (κ1) is 30.3. The summed E-state index contributed by atoms with van der Waals surface area (Å²) < 4.78 is 23.3. The van der Waals surface area contributed by atoms with Crippen LogP contribution >= 0.6 is 0 Å². The lowest BCUT2D eigenvalue weighted by atomic mass is 9.82. The van der Waals surface area contributed by atoms with Crippen molar-refractivity contribution in [2.75, 3.05) is 20.8 Å². The van der Waals surface area contributed by atoms with E-state index in [1.54, 1.807) is 31.2 Å². The number of aliphatic carboxylic acids is 1. The van der Waals surface area contributed by atoms with Crippen molar-refractivity contribution < 1.29 is 34.0 Å². The van der Waals surface area contributed by atoms with Crippen LogP contribution < -0.4 is 14.2 Å². The van der Waals surface area contributed by atoms with Crippen LogP contribution in [0, 0.1) is 6.92 Å². The predicted octanol–water partition coefficient (Wildman–Crippen LogP) is 5.52. The molecule has 0 aliphatic heterocycles. The van der Waals surface area contributed by atoms with Crippen LogP contribution in [0.1, 0.15) is 35.2 Å². The molecule has 0 spiro atoms. The van der Waals surface area contributed by atoms with Crippen molar-refractivity contribution in [2.45, 2.75) is 44.3 Å². The van der Waals surface area contributed by atoms with Gasteiger partial charge in [0.1, 0.15) is 5.60 Å². The topological polar surface area (TPSA) is 120 Å². The van der Waals surface area contributed by atoms with Crippen LogP contribution in [0.15, 0.2) is 84.9 Å². The maximum atomic E-state index is 13.0. The Morgan fingerprint density at radius 3 is 2.26 bits per heavy atom. The largest absolute Gasteiger partial charge is 0.504 e. The van der Waals surface area contributed by atoms with Crippen molar-refractivity contribution in [3.05, 3.63) is 107 Å². The first-order valence-corrected chi connectivity index (χ1v) is 13.7. The van der Waals surface area contributed by atoms with E-state index in [4.69, 9.17) is 18.9 Å². The summed E-state index contributed by atoms with van der Waals surface area (Å²) in [5, 5.41) is 20.6. The molecule has 0 bridgehead atoms. The van der Waals surface area contributed by atoms with Crippen LogP contribution in [-0.4, -0.2) is 53.1 Å². The number of benzene rings is 3. The number of ether oxygens (including phenoxy) is 4. The Morgan fingerprint density at radius 2 is 1.60 bits per heavy atom. The summed E-state index contributed by atoms with van der Waals surface area (Å²) >= 11 is 0. The lowest BCUT2D eigenvalue weighted by molar-refractivity contribution is -0.173. The van der Waals surface area contributed by atoms with Gasteiger partial charge in [0, 0.05) is 11.8 Å². The van der Waals surface area contributed by atoms with Gasteiger partial charge in [-0.25, -0.2) is 9.78 Å². The van der Waals surface area contributed by atoms with E-state index in [0.717, 1.165) is 17.5 Å². The number of aromatic hydroxyl groups is 1. The Hall–Kier alpha value is -4.63. The highest BCUT2D eigenvalue weighted by atomic mass is 16.6. The van der Waals surface area contributed by atoms with Crippen LogP contribution in [0.3, 0.4) is 0 Å². The SMILES string of the molecule is COc1cc(C)nc(OC(C(=O)O)C(CCCc2ccccc2)(OCCc2ccc(O)c(OC)c2)c2ccccc2)n1. The molecule has 3 aromatic carbocycles. The van der Waals surface area contributed by atoms with Crippen molar-refractivity contribution in [3.63, 3.8) is 0 Å². The number of carbonyl (C=O) groups is 1. The maximum Gasteiger partial charge on any atom is 0.348 e. The van der Waals surface area contributed by atoms with E-state index >= 15 is 0 Å². The van der Waals surface area contributed by atoms with E-state index in [0.29, 0.717) is 36.3 Å². The molecule has 0 saturated heterocycles. The molecule has 0 radical (unpaired) electrons. The van der Waals surface area contributed by atoms with Crippen molar-refractivity contribution in [2.24, 2.45) is 0 Å². The second-order valence-corrected chi connectivity index (χ2v) is 9.87. The minimum atomic E-state index is -1.49. The molecule has 220 valence electrons. The summed E-state index contributed by atoms with van der Waals surface area (Å²) in [5.41, 5.74) is 1.82. The molecular formula is C33H36N2O7. The van der Waals surface area contributed by atoms with E-state index in [2.05, 4.69) is 9.97 Å². The van der Waals surface area contributed by atoms with Crippen LogP contribution in [0.5, 0.6) is 23.4 Å². The molecule has 0 fully saturated rings. The zero-order valence-electron chi connectivity index (χ0n) is 24.0. The molecule has 0 aliphatic rings. The number of carboxylic acid groups (broad SMARTS) is 1. The average Bonchev–Trinajstić information content (AvgIpc) is 3.00. The minimum Gasteiger partial charge on any atom is -0.504 e.